The molecule has 0 radical (unpaired) electrons. The Labute approximate surface area is 205 Å². The van der Waals surface area contributed by atoms with Gasteiger partial charge in [0.25, 0.3) is 5.91 Å². The molecule has 1 fully saturated rings. The molecular formula is C28H30N2O3S. The van der Waals surface area contributed by atoms with Crippen molar-refractivity contribution in [2.45, 2.75) is 31.7 Å². The first kappa shape index (κ1) is 23.9. The first-order valence-electron chi connectivity index (χ1n) is 11.6. The van der Waals surface area contributed by atoms with E-state index in [1.165, 1.54) is 5.56 Å². The lowest BCUT2D eigenvalue weighted by Gasteiger charge is -2.24. The second-order valence-electron chi connectivity index (χ2n) is 8.31. The van der Waals surface area contributed by atoms with E-state index >= 15 is 0 Å². The molecule has 1 aliphatic heterocycles. The molecule has 0 bridgehead atoms. The van der Waals surface area contributed by atoms with Crippen LogP contribution in [0.4, 0.5) is 0 Å². The number of hydrogen-bond donors (Lipinski definition) is 1. The molecule has 4 rings (SSSR count). The van der Waals surface area contributed by atoms with Crippen LogP contribution >= 0.6 is 11.8 Å². The number of amides is 2. The monoisotopic (exact) mass is 474 g/mol. The van der Waals surface area contributed by atoms with Gasteiger partial charge in [-0.15, -0.1) is 11.8 Å². The summed E-state index contributed by atoms with van der Waals surface area (Å²) in [6.45, 7) is 5.23. The van der Waals surface area contributed by atoms with Gasteiger partial charge in [0.1, 0.15) is 11.1 Å². The summed E-state index contributed by atoms with van der Waals surface area (Å²) in [4.78, 5) is 27.2. The highest BCUT2D eigenvalue weighted by Crippen LogP contribution is 2.38. The largest absolute Gasteiger partial charge is 0.494 e. The van der Waals surface area contributed by atoms with E-state index < -0.39 is 0 Å². The molecule has 0 aliphatic carbocycles. The van der Waals surface area contributed by atoms with E-state index in [0.29, 0.717) is 24.5 Å². The second kappa shape index (κ2) is 11.3. The van der Waals surface area contributed by atoms with Crippen LogP contribution in [0, 0.1) is 0 Å². The molecule has 0 aromatic heterocycles. The highest BCUT2D eigenvalue weighted by atomic mass is 32.2. The van der Waals surface area contributed by atoms with Crippen LogP contribution in [0.2, 0.25) is 0 Å². The van der Waals surface area contributed by atoms with Crippen molar-refractivity contribution < 1.29 is 14.3 Å². The van der Waals surface area contributed by atoms with Crippen molar-refractivity contribution in [1.82, 2.24) is 10.2 Å². The third kappa shape index (κ3) is 5.81. The molecule has 1 aliphatic rings. The SMILES string of the molecule is CCOc1ccc([C@@H](C)NC(=O)c2ccc([C@H]3SCC(=O)N3CCc3ccccc3)cc2)cc1. The van der Waals surface area contributed by atoms with Gasteiger partial charge in [0, 0.05) is 12.1 Å². The van der Waals surface area contributed by atoms with Gasteiger partial charge in [-0.05, 0) is 61.2 Å². The Hall–Kier alpha value is -3.25. The molecule has 0 unspecified atom stereocenters. The van der Waals surface area contributed by atoms with E-state index in [1.807, 2.05) is 85.5 Å². The van der Waals surface area contributed by atoms with Crippen molar-refractivity contribution in [3.63, 3.8) is 0 Å². The first-order valence-corrected chi connectivity index (χ1v) is 12.7. The van der Waals surface area contributed by atoms with Crippen LogP contribution in [0.15, 0.2) is 78.9 Å². The summed E-state index contributed by atoms with van der Waals surface area (Å²) < 4.78 is 5.48. The fourth-order valence-corrected chi connectivity index (χ4v) is 5.27. The zero-order valence-electron chi connectivity index (χ0n) is 19.6. The fourth-order valence-electron chi connectivity index (χ4n) is 4.05. The van der Waals surface area contributed by atoms with Crippen LogP contribution in [-0.4, -0.2) is 35.6 Å². The maximum absolute atomic E-state index is 12.8. The normalized spacial score (nSPS) is 16.4. The lowest BCUT2D eigenvalue weighted by atomic mass is 10.1. The van der Waals surface area contributed by atoms with Crippen molar-refractivity contribution in [1.29, 1.82) is 0 Å². The molecule has 1 N–H and O–H groups in total. The van der Waals surface area contributed by atoms with Gasteiger partial charge in [0.2, 0.25) is 5.91 Å². The van der Waals surface area contributed by atoms with Crippen molar-refractivity contribution in [3.8, 4) is 5.75 Å². The van der Waals surface area contributed by atoms with Crippen LogP contribution in [0.5, 0.6) is 5.75 Å². The minimum absolute atomic E-state index is 0.0175. The quantitative estimate of drug-likeness (QED) is 0.452. The zero-order valence-corrected chi connectivity index (χ0v) is 20.4. The number of thioether (sulfide) groups is 1. The van der Waals surface area contributed by atoms with E-state index in [9.17, 15) is 9.59 Å². The van der Waals surface area contributed by atoms with E-state index in [1.54, 1.807) is 11.8 Å². The Morgan fingerprint density at radius 2 is 1.76 bits per heavy atom. The van der Waals surface area contributed by atoms with Crippen LogP contribution in [0.3, 0.4) is 0 Å². The molecule has 2 amide bonds. The molecular weight excluding hydrogens is 444 g/mol. The number of carbonyl (C=O) groups excluding carboxylic acids is 2. The third-order valence-electron chi connectivity index (χ3n) is 5.95. The minimum atomic E-state index is -0.126. The number of ether oxygens (including phenoxy) is 1. The maximum atomic E-state index is 12.8. The van der Waals surface area contributed by atoms with E-state index in [2.05, 4.69) is 17.4 Å². The summed E-state index contributed by atoms with van der Waals surface area (Å²) in [5.41, 5.74) is 3.88. The number of nitrogens with one attached hydrogen (secondary N) is 1. The summed E-state index contributed by atoms with van der Waals surface area (Å²) >= 11 is 1.64. The summed E-state index contributed by atoms with van der Waals surface area (Å²) in [6.07, 6.45) is 0.827. The maximum Gasteiger partial charge on any atom is 0.251 e. The summed E-state index contributed by atoms with van der Waals surface area (Å²) in [6, 6.07) is 25.5. The molecule has 176 valence electrons. The second-order valence-corrected chi connectivity index (χ2v) is 9.37. The van der Waals surface area contributed by atoms with Crippen LogP contribution in [-0.2, 0) is 11.2 Å². The van der Waals surface area contributed by atoms with Crippen molar-refractivity contribution in [3.05, 3.63) is 101 Å². The summed E-state index contributed by atoms with van der Waals surface area (Å²) in [7, 11) is 0. The van der Waals surface area contributed by atoms with Crippen molar-refractivity contribution in [2.24, 2.45) is 0 Å². The van der Waals surface area contributed by atoms with Gasteiger partial charge in [0.15, 0.2) is 0 Å². The standard InChI is InChI=1S/C28H30N2O3S/c1-3-33-25-15-13-22(14-16-25)20(2)29-27(32)23-9-11-24(12-10-23)28-30(26(31)19-34-28)18-17-21-7-5-4-6-8-21/h4-16,20,28H,3,17-19H2,1-2H3,(H,29,32)/t20-,28-/m1/s1. The Kier molecular flexibility index (Phi) is 7.91. The number of carbonyl (C=O) groups is 2. The third-order valence-corrected chi connectivity index (χ3v) is 7.21. The predicted molar refractivity (Wildman–Crippen MR) is 137 cm³/mol. The molecule has 1 heterocycles. The lowest BCUT2D eigenvalue weighted by molar-refractivity contribution is -0.128. The Balaban J connectivity index is 1.37. The van der Waals surface area contributed by atoms with Gasteiger partial charge >= 0.3 is 0 Å². The zero-order chi connectivity index (χ0) is 23.9. The Morgan fingerprint density at radius 1 is 1.06 bits per heavy atom. The van der Waals surface area contributed by atoms with Gasteiger partial charge in [-0.25, -0.2) is 0 Å². The summed E-state index contributed by atoms with van der Waals surface area (Å²) in [5, 5.41) is 3.04. The van der Waals surface area contributed by atoms with Crippen LogP contribution in [0.25, 0.3) is 0 Å². The molecule has 3 aromatic rings. The predicted octanol–water partition coefficient (Wildman–Crippen LogP) is 5.39. The minimum Gasteiger partial charge on any atom is -0.494 e. The number of hydrogen-bond acceptors (Lipinski definition) is 4. The lowest BCUT2D eigenvalue weighted by Crippen LogP contribution is -2.30. The van der Waals surface area contributed by atoms with Gasteiger partial charge in [-0.1, -0.05) is 54.6 Å². The van der Waals surface area contributed by atoms with Crippen LogP contribution in [0.1, 0.15) is 52.3 Å². The average Bonchev–Trinajstić information content (AvgIpc) is 3.24. The van der Waals surface area contributed by atoms with Crippen molar-refractivity contribution >= 4 is 23.6 Å². The van der Waals surface area contributed by atoms with Gasteiger partial charge < -0.3 is 15.0 Å². The van der Waals surface area contributed by atoms with Crippen molar-refractivity contribution in [2.75, 3.05) is 18.9 Å². The molecule has 0 saturated carbocycles. The number of rotatable bonds is 9. The Morgan fingerprint density at radius 3 is 2.44 bits per heavy atom. The Bertz CT molecular complexity index is 1100. The van der Waals surface area contributed by atoms with Gasteiger partial charge in [-0.2, -0.15) is 0 Å². The summed E-state index contributed by atoms with van der Waals surface area (Å²) in [5.74, 6) is 1.35. The highest BCUT2D eigenvalue weighted by molar-refractivity contribution is 8.00. The molecule has 3 aromatic carbocycles. The van der Waals surface area contributed by atoms with E-state index in [4.69, 9.17) is 4.74 Å². The number of benzene rings is 3. The number of nitrogens with zero attached hydrogens (tertiary/aromatic N) is 1. The molecule has 1 saturated heterocycles. The first-order chi connectivity index (χ1) is 16.5. The highest BCUT2D eigenvalue weighted by Gasteiger charge is 2.32. The average molecular weight is 475 g/mol. The molecule has 5 nitrogen and oxygen atoms in total. The van der Waals surface area contributed by atoms with E-state index in [-0.39, 0.29) is 23.2 Å². The van der Waals surface area contributed by atoms with Gasteiger partial charge in [0.05, 0.1) is 18.4 Å². The molecule has 6 heteroatoms. The molecule has 34 heavy (non-hydrogen) atoms. The smallest absolute Gasteiger partial charge is 0.251 e. The fraction of sp³-hybridized carbons (Fsp3) is 0.286. The van der Waals surface area contributed by atoms with E-state index in [0.717, 1.165) is 23.3 Å². The molecule has 2 atom stereocenters. The molecule has 0 spiro atoms. The topological polar surface area (TPSA) is 58.6 Å². The van der Waals surface area contributed by atoms with Crippen LogP contribution < -0.4 is 10.1 Å². The van der Waals surface area contributed by atoms with Gasteiger partial charge in [-0.3, -0.25) is 9.59 Å².